The van der Waals surface area contributed by atoms with E-state index in [0.717, 1.165) is 24.9 Å². The lowest BCUT2D eigenvalue weighted by molar-refractivity contribution is 0.0697. The second kappa shape index (κ2) is 8.05. The first-order valence-electron chi connectivity index (χ1n) is 9.93. The van der Waals surface area contributed by atoms with E-state index in [1.54, 1.807) is 12.1 Å². The Bertz CT molecular complexity index is 934. The van der Waals surface area contributed by atoms with Gasteiger partial charge in [-0.3, -0.25) is 0 Å². The average Bonchev–Trinajstić information content (AvgIpc) is 2.67. The fourth-order valence-electron chi connectivity index (χ4n) is 3.61. The molecule has 0 aromatic heterocycles. The molecule has 3 nitrogen and oxygen atoms in total. The van der Waals surface area contributed by atoms with E-state index in [0.29, 0.717) is 5.56 Å². The van der Waals surface area contributed by atoms with Crippen molar-refractivity contribution in [2.75, 3.05) is 6.54 Å². The van der Waals surface area contributed by atoms with Crippen molar-refractivity contribution in [1.29, 1.82) is 0 Å². The number of carbonyl (C=O) groups is 1. The van der Waals surface area contributed by atoms with Gasteiger partial charge in [-0.15, -0.1) is 0 Å². The fourth-order valence-corrected chi connectivity index (χ4v) is 3.61. The van der Waals surface area contributed by atoms with Gasteiger partial charge in [0.25, 0.3) is 0 Å². The largest absolute Gasteiger partial charge is 0.478 e. The molecule has 0 saturated heterocycles. The van der Waals surface area contributed by atoms with Gasteiger partial charge in [-0.2, -0.15) is 0 Å². The molecule has 0 fully saturated rings. The van der Waals surface area contributed by atoms with Gasteiger partial charge in [-0.05, 0) is 65.6 Å². The number of fused-ring (bicyclic) bond motifs is 1. The molecule has 1 aliphatic carbocycles. The Morgan fingerprint density at radius 2 is 1.89 bits per heavy atom. The number of allylic oxidation sites excluding steroid dienone is 1. The predicted molar refractivity (Wildman–Crippen MR) is 117 cm³/mol. The number of nitrogens with one attached hydrogen (secondary N) is 1. The summed E-state index contributed by atoms with van der Waals surface area (Å²) in [7, 11) is 0. The lowest BCUT2D eigenvalue weighted by Crippen LogP contribution is -2.26. The summed E-state index contributed by atoms with van der Waals surface area (Å²) in [4.78, 5) is 11.0. The van der Waals surface area contributed by atoms with Gasteiger partial charge in [-0.1, -0.05) is 57.2 Å². The van der Waals surface area contributed by atoms with Crippen molar-refractivity contribution in [2.45, 2.75) is 46.0 Å². The molecule has 2 N–H and O–H groups in total. The lowest BCUT2D eigenvalue weighted by atomic mass is 9.73. The van der Waals surface area contributed by atoms with Crippen molar-refractivity contribution in [3.63, 3.8) is 0 Å². The molecule has 0 bridgehead atoms. The highest BCUT2D eigenvalue weighted by atomic mass is 16.4. The zero-order valence-corrected chi connectivity index (χ0v) is 17.2. The topological polar surface area (TPSA) is 49.3 Å². The molecule has 28 heavy (non-hydrogen) atoms. The summed E-state index contributed by atoms with van der Waals surface area (Å²) in [5.74, 6) is -0.900. The van der Waals surface area contributed by atoms with E-state index in [-0.39, 0.29) is 5.41 Å². The fraction of sp³-hybridized carbons (Fsp3) is 0.320. The highest BCUT2D eigenvalue weighted by molar-refractivity contribution is 5.88. The van der Waals surface area contributed by atoms with Gasteiger partial charge in [0.15, 0.2) is 0 Å². The van der Waals surface area contributed by atoms with Gasteiger partial charge < -0.3 is 10.4 Å². The number of aryl methyl sites for hydroxylation is 1. The van der Waals surface area contributed by atoms with Crippen LogP contribution in [0.25, 0.3) is 17.8 Å². The molecule has 2 aromatic carbocycles. The summed E-state index contributed by atoms with van der Waals surface area (Å²) in [5.41, 5.74) is 7.78. The van der Waals surface area contributed by atoms with E-state index < -0.39 is 5.97 Å². The number of rotatable bonds is 6. The van der Waals surface area contributed by atoms with Crippen LogP contribution in [-0.4, -0.2) is 17.6 Å². The summed E-state index contributed by atoms with van der Waals surface area (Å²) in [6.07, 6.45) is 8.62. The van der Waals surface area contributed by atoms with Crippen LogP contribution >= 0.6 is 0 Å². The Labute approximate surface area is 167 Å². The maximum absolute atomic E-state index is 11.0. The number of benzene rings is 2. The second-order valence-electron chi connectivity index (χ2n) is 8.15. The zero-order valence-electron chi connectivity index (χ0n) is 17.2. The third-order valence-electron chi connectivity index (χ3n) is 5.42. The molecule has 0 unspecified atom stereocenters. The molecular formula is C25H29NO2. The smallest absolute Gasteiger partial charge is 0.335 e. The molecule has 3 heteroatoms. The van der Waals surface area contributed by atoms with E-state index in [2.05, 4.69) is 57.3 Å². The maximum atomic E-state index is 11.0. The molecule has 0 atom stereocenters. The zero-order chi connectivity index (χ0) is 20.3. The Morgan fingerprint density at radius 1 is 1.18 bits per heavy atom. The molecule has 146 valence electrons. The highest BCUT2D eigenvalue weighted by Gasteiger charge is 2.28. The summed E-state index contributed by atoms with van der Waals surface area (Å²) >= 11 is 0. The van der Waals surface area contributed by atoms with Crippen molar-refractivity contribution >= 4 is 23.8 Å². The van der Waals surface area contributed by atoms with Crippen LogP contribution in [0.2, 0.25) is 0 Å². The van der Waals surface area contributed by atoms with Crippen molar-refractivity contribution in [3.05, 3.63) is 75.9 Å². The van der Waals surface area contributed by atoms with Crippen LogP contribution in [0.1, 0.15) is 71.8 Å². The van der Waals surface area contributed by atoms with Crippen LogP contribution in [0, 0.1) is 6.92 Å². The van der Waals surface area contributed by atoms with E-state index in [9.17, 15) is 4.79 Å². The third kappa shape index (κ3) is 4.19. The summed E-state index contributed by atoms with van der Waals surface area (Å²) < 4.78 is 0. The lowest BCUT2D eigenvalue weighted by Gasteiger charge is -2.33. The van der Waals surface area contributed by atoms with Crippen LogP contribution in [0.15, 0.2) is 42.5 Å². The Kier molecular flexibility index (Phi) is 5.73. The number of aromatic carboxylic acids is 1. The van der Waals surface area contributed by atoms with Crippen LogP contribution in [0.3, 0.4) is 0 Å². The SMILES string of the molecule is CCCNC1=CCC(C)(C)c2cc(C)c(C=Cc3ccc(C(=O)O)cc3)cc21. The molecule has 1 aliphatic rings. The molecule has 0 heterocycles. The number of carboxylic acids is 1. The van der Waals surface area contributed by atoms with E-state index in [1.807, 2.05) is 18.2 Å². The molecule has 0 spiro atoms. The molecule has 0 radical (unpaired) electrons. The van der Waals surface area contributed by atoms with Gasteiger partial charge in [0.2, 0.25) is 0 Å². The van der Waals surface area contributed by atoms with Crippen molar-refractivity contribution in [1.82, 2.24) is 5.32 Å². The Balaban J connectivity index is 1.94. The minimum atomic E-state index is -0.900. The van der Waals surface area contributed by atoms with Gasteiger partial charge in [0.1, 0.15) is 0 Å². The summed E-state index contributed by atoms with van der Waals surface area (Å²) in [6, 6.07) is 11.6. The molecule has 3 rings (SSSR count). The van der Waals surface area contributed by atoms with Crippen molar-refractivity contribution < 1.29 is 9.90 Å². The van der Waals surface area contributed by atoms with Gasteiger partial charge >= 0.3 is 5.97 Å². The number of carboxylic acid groups (broad SMARTS) is 1. The average molecular weight is 376 g/mol. The quantitative estimate of drug-likeness (QED) is 0.619. The molecule has 0 saturated carbocycles. The van der Waals surface area contributed by atoms with E-state index in [4.69, 9.17) is 5.11 Å². The first kappa shape index (κ1) is 19.9. The van der Waals surface area contributed by atoms with Crippen LogP contribution < -0.4 is 5.32 Å². The monoisotopic (exact) mass is 375 g/mol. The highest BCUT2D eigenvalue weighted by Crippen LogP contribution is 2.39. The minimum absolute atomic E-state index is 0.131. The maximum Gasteiger partial charge on any atom is 0.335 e. The van der Waals surface area contributed by atoms with Gasteiger partial charge in [0.05, 0.1) is 5.56 Å². The first-order chi connectivity index (χ1) is 13.3. The van der Waals surface area contributed by atoms with Crippen molar-refractivity contribution in [3.8, 4) is 0 Å². The number of hydrogen-bond donors (Lipinski definition) is 2. The van der Waals surface area contributed by atoms with Crippen LogP contribution in [-0.2, 0) is 5.41 Å². The Morgan fingerprint density at radius 3 is 2.54 bits per heavy atom. The van der Waals surface area contributed by atoms with Crippen LogP contribution in [0.4, 0.5) is 0 Å². The van der Waals surface area contributed by atoms with Crippen molar-refractivity contribution in [2.24, 2.45) is 0 Å². The molecular weight excluding hydrogens is 346 g/mol. The number of hydrogen-bond acceptors (Lipinski definition) is 2. The first-order valence-corrected chi connectivity index (χ1v) is 9.93. The summed E-state index contributed by atoms with van der Waals surface area (Å²) in [6.45, 7) is 9.91. The predicted octanol–water partition coefficient (Wildman–Crippen LogP) is 5.89. The van der Waals surface area contributed by atoms with E-state index >= 15 is 0 Å². The minimum Gasteiger partial charge on any atom is -0.478 e. The summed E-state index contributed by atoms with van der Waals surface area (Å²) in [5, 5.41) is 12.6. The normalized spacial score (nSPS) is 15.2. The standard InChI is InChI=1S/C25H29NO2/c1-5-14-26-23-12-13-25(3,4)22-15-17(2)20(16-21(22)23)11-8-18-6-9-19(10-7-18)24(27)28/h6-12,15-16,26H,5,13-14H2,1-4H3,(H,27,28). The molecule has 2 aromatic rings. The van der Waals surface area contributed by atoms with Crippen LogP contribution in [0.5, 0.6) is 0 Å². The van der Waals surface area contributed by atoms with Gasteiger partial charge in [-0.25, -0.2) is 4.79 Å². The van der Waals surface area contributed by atoms with E-state index in [1.165, 1.54) is 28.0 Å². The Hall–Kier alpha value is -2.81. The third-order valence-corrected chi connectivity index (χ3v) is 5.42. The molecule has 0 amide bonds. The second-order valence-corrected chi connectivity index (χ2v) is 8.15. The molecule has 0 aliphatic heterocycles. The van der Waals surface area contributed by atoms with Gasteiger partial charge in [0, 0.05) is 17.8 Å².